The van der Waals surface area contributed by atoms with E-state index in [4.69, 9.17) is 14.2 Å². The van der Waals surface area contributed by atoms with Crippen molar-refractivity contribution >= 4 is 11.9 Å². The van der Waals surface area contributed by atoms with Gasteiger partial charge in [-0.05, 0) is 36.8 Å². The first-order chi connectivity index (χ1) is 12.1. The minimum absolute atomic E-state index is 0.250. The Morgan fingerprint density at radius 1 is 1.00 bits per heavy atom. The van der Waals surface area contributed by atoms with Gasteiger partial charge in [0.15, 0.2) is 12.7 Å². The van der Waals surface area contributed by atoms with Crippen molar-refractivity contribution in [3.63, 3.8) is 0 Å². The number of methoxy groups -OCH3 is 1. The summed E-state index contributed by atoms with van der Waals surface area (Å²) in [6.07, 6.45) is -0.898. The van der Waals surface area contributed by atoms with Crippen LogP contribution in [0.3, 0.4) is 0 Å². The molecule has 0 fully saturated rings. The van der Waals surface area contributed by atoms with Crippen molar-refractivity contribution in [1.29, 1.82) is 0 Å². The summed E-state index contributed by atoms with van der Waals surface area (Å²) in [5.41, 5.74) is 0.917. The first kappa shape index (κ1) is 18.3. The van der Waals surface area contributed by atoms with Crippen molar-refractivity contribution in [3.8, 4) is 11.5 Å². The summed E-state index contributed by atoms with van der Waals surface area (Å²) in [4.78, 5) is 23.7. The Kier molecular flexibility index (Phi) is 6.83. The summed E-state index contributed by atoms with van der Waals surface area (Å²) in [5.74, 6) is 0.340. The quantitative estimate of drug-likeness (QED) is 0.745. The lowest BCUT2D eigenvalue weighted by atomic mass is 10.2. The van der Waals surface area contributed by atoms with E-state index in [-0.39, 0.29) is 12.5 Å². The largest absolute Gasteiger partial charge is 0.497 e. The molecule has 2 aromatic rings. The van der Waals surface area contributed by atoms with Crippen LogP contribution in [0.5, 0.6) is 11.5 Å². The summed E-state index contributed by atoms with van der Waals surface area (Å²) in [5, 5.41) is 2.72. The van der Waals surface area contributed by atoms with E-state index in [1.165, 1.54) is 6.92 Å². The molecule has 0 saturated carbocycles. The van der Waals surface area contributed by atoms with Crippen LogP contribution in [0.15, 0.2) is 54.6 Å². The van der Waals surface area contributed by atoms with Crippen molar-refractivity contribution in [2.45, 2.75) is 19.6 Å². The molecule has 0 aromatic heterocycles. The number of amides is 1. The average molecular weight is 343 g/mol. The number of para-hydroxylation sites is 1. The maximum atomic E-state index is 12.0. The zero-order chi connectivity index (χ0) is 18.1. The Bertz CT molecular complexity index is 685. The van der Waals surface area contributed by atoms with Crippen LogP contribution in [0.4, 0.5) is 0 Å². The summed E-state index contributed by atoms with van der Waals surface area (Å²) >= 11 is 0. The Hall–Kier alpha value is -3.02. The number of esters is 1. The van der Waals surface area contributed by atoms with Crippen LogP contribution >= 0.6 is 0 Å². The second-order valence-corrected chi connectivity index (χ2v) is 5.30. The lowest BCUT2D eigenvalue weighted by molar-refractivity contribution is -0.156. The zero-order valence-corrected chi connectivity index (χ0v) is 14.2. The van der Waals surface area contributed by atoms with Crippen molar-refractivity contribution in [3.05, 3.63) is 60.2 Å². The molecule has 0 bridgehead atoms. The fourth-order valence-electron chi connectivity index (χ4n) is 2.02. The number of benzene rings is 2. The molecule has 0 spiro atoms. The number of hydrogen-bond acceptors (Lipinski definition) is 5. The van der Waals surface area contributed by atoms with Crippen molar-refractivity contribution < 1.29 is 23.8 Å². The van der Waals surface area contributed by atoms with Crippen LogP contribution in [0.1, 0.15) is 12.5 Å². The van der Waals surface area contributed by atoms with Crippen LogP contribution in [-0.2, 0) is 20.9 Å². The van der Waals surface area contributed by atoms with E-state index >= 15 is 0 Å². The van der Waals surface area contributed by atoms with Gasteiger partial charge < -0.3 is 19.5 Å². The molecule has 1 N–H and O–H groups in total. The minimum Gasteiger partial charge on any atom is -0.497 e. The Balaban J connectivity index is 1.72. The van der Waals surface area contributed by atoms with Gasteiger partial charge in [0.1, 0.15) is 11.5 Å². The van der Waals surface area contributed by atoms with Gasteiger partial charge in [0.05, 0.1) is 7.11 Å². The predicted octanol–water partition coefficient (Wildman–Crippen LogP) is 2.32. The number of carbonyl (C=O) groups is 2. The maximum Gasteiger partial charge on any atom is 0.344 e. The van der Waals surface area contributed by atoms with Crippen molar-refractivity contribution in [2.75, 3.05) is 13.7 Å². The van der Waals surface area contributed by atoms with Crippen LogP contribution in [0, 0.1) is 0 Å². The topological polar surface area (TPSA) is 73.9 Å². The third-order valence-electron chi connectivity index (χ3n) is 3.40. The molecule has 0 aliphatic carbocycles. The van der Waals surface area contributed by atoms with E-state index in [1.54, 1.807) is 31.4 Å². The molecule has 0 aliphatic heterocycles. The van der Waals surface area contributed by atoms with Crippen LogP contribution in [0.25, 0.3) is 0 Å². The highest BCUT2D eigenvalue weighted by atomic mass is 16.6. The van der Waals surface area contributed by atoms with Gasteiger partial charge in [-0.2, -0.15) is 0 Å². The Morgan fingerprint density at radius 3 is 2.32 bits per heavy atom. The van der Waals surface area contributed by atoms with Gasteiger partial charge in [-0.3, -0.25) is 4.79 Å². The number of nitrogens with one attached hydrogen (secondary N) is 1. The lowest BCUT2D eigenvalue weighted by Crippen LogP contribution is -2.36. The average Bonchev–Trinajstić information content (AvgIpc) is 2.65. The lowest BCUT2D eigenvalue weighted by Gasteiger charge is -2.14. The number of rotatable bonds is 8. The number of hydrogen-bond donors (Lipinski definition) is 1. The number of ether oxygens (including phenoxy) is 3. The summed E-state index contributed by atoms with van der Waals surface area (Å²) in [6, 6.07) is 16.2. The SMILES string of the molecule is COc1ccc(CNC(=O)[C@@H](C)OC(=O)COc2ccccc2)cc1. The van der Waals surface area contributed by atoms with Crippen LogP contribution < -0.4 is 14.8 Å². The zero-order valence-electron chi connectivity index (χ0n) is 14.2. The fraction of sp³-hybridized carbons (Fsp3) is 0.263. The van der Waals surface area contributed by atoms with Crippen molar-refractivity contribution in [1.82, 2.24) is 5.32 Å². The van der Waals surface area contributed by atoms with Gasteiger partial charge in [0, 0.05) is 6.54 Å². The normalized spacial score (nSPS) is 11.3. The third kappa shape index (κ3) is 6.18. The van der Waals surface area contributed by atoms with Gasteiger partial charge >= 0.3 is 5.97 Å². The van der Waals surface area contributed by atoms with E-state index in [2.05, 4.69) is 5.32 Å². The molecular weight excluding hydrogens is 322 g/mol. The highest BCUT2D eigenvalue weighted by Gasteiger charge is 2.17. The Labute approximate surface area is 146 Å². The van der Waals surface area contributed by atoms with Gasteiger partial charge in [-0.25, -0.2) is 4.79 Å². The molecule has 6 heteroatoms. The van der Waals surface area contributed by atoms with E-state index in [0.717, 1.165) is 11.3 Å². The molecule has 2 aromatic carbocycles. The smallest absolute Gasteiger partial charge is 0.344 e. The van der Waals surface area contributed by atoms with Crippen molar-refractivity contribution in [2.24, 2.45) is 0 Å². The summed E-state index contributed by atoms with van der Waals surface area (Å²) in [7, 11) is 1.59. The molecule has 0 radical (unpaired) electrons. The van der Waals surface area contributed by atoms with E-state index in [0.29, 0.717) is 12.3 Å². The second-order valence-electron chi connectivity index (χ2n) is 5.30. The first-order valence-corrected chi connectivity index (χ1v) is 7.86. The van der Waals surface area contributed by atoms with Gasteiger partial charge in [-0.15, -0.1) is 0 Å². The molecule has 1 atom stereocenters. The molecule has 0 unspecified atom stereocenters. The molecule has 2 rings (SSSR count). The summed E-state index contributed by atoms with van der Waals surface area (Å²) < 4.78 is 15.4. The Morgan fingerprint density at radius 2 is 1.68 bits per heavy atom. The van der Waals surface area contributed by atoms with Gasteiger partial charge in [0.2, 0.25) is 0 Å². The molecule has 6 nitrogen and oxygen atoms in total. The van der Waals surface area contributed by atoms with E-state index < -0.39 is 12.1 Å². The van der Waals surface area contributed by atoms with E-state index in [9.17, 15) is 9.59 Å². The molecular formula is C19H21NO5. The number of carbonyl (C=O) groups excluding carboxylic acids is 2. The molecule has 0 heterocycles. The third-order valence-corrected chi connectivity index (χ3v) is 3.40. The minimum atomic E-state index is -0.898. The fourth-order valence-corrected chi connectivity index (χ4v) is 2.02. The molecule has 1 amide bonds. The highest BCUT2D eigenvalue weighted by molar-refractivity contribution is 5.83. The monoisotopic (exact) mass is 343 g/mol. The standard InChI is InChI=1S/C19H21NO5/c1-14(25-18(21)13-24-17-6-4-3-5-7-17)19(22)20-12-15-8-10-16(23-2)11-9-15/h3-11,14H,12-13H2,1-2H3,(H,20,22)/t14-/m1/s1. The first-order valence-electron chi connectivity index (χ1n) is 7.86. The molecule has 0 saturated heterocycles. The van der Waals surface area contributed by atoms with Crippen LogP contribution in [0.2, 0.25) is 0 Å². The van der Waals surface area contributed by atoms with Crippen LogP contribution in [-0.4, -0.2) is 31.7 Å². The predicted molar refractivity (Wildman–Crippen MR) is 92.3 cm³/mol. The molecule has 25 heavy (non-hydrogen) atoms. The van der Waals surface area contributed by atoms with Gasteiger partial charge in [-0.1, -0.05) is 30.3 Å². The van der Waals surface area contributed by atoms with E-state index in [1.807, 2.05) is 30.3 Å². The highest BCUT2D eigenvalue weighted by Crippen LogP contribution is 2.11. The molecule has 0 aliphatic rings. The van der Waals surface area contributed by atoms with Gasteiger partial charge in [0.25, 0.3) is 5.91 Å². The molecule has 132 valence electrons. The second kappa shape index (κ2) is 9.32. The summed E-state index contributed by atoms with van der Waals surface area (Å²) in [6.45, 7) is 1.61. The maximum absolute atomic E-state index is 12.0.